The van der Waals surface area contributed by atoms with Crippen molar-refractivity contribution in [3.63, 3.8) is 0 Å². The summed E-state index contributed by atoms with van der Waals surface area (Å²) in [4.78, 5) is 12.2. The van der Waals surface area contributed by atoms with Crippen LogP contribution in [0.5, 0.6) is 23.0 Å². The van der Waals surface area contributed by atoms with Crippen molar-refractivity contribution < 1.29 is 23.7 Å². The van der Waals surface area contributed by atoms with Gasteiger partial charge >= 0.3 is 5.97 Å². The summed E-state index contributed by atoms with van der Waals surface area (Å²) in [5, 5.41) is 0.388. The number of benzene rings is 2. The van der Waals surface area contributed by atoms with Gasteiger partial charge in [-0.25, -0.2) is 0 Å². The Labute approximate surface area is 146 Å². The van der Waals surface area contributed by atoms with Gasteiger partial charge in [0.2, 0.25) is 5.75 Å². The molecule has 5 nitrogen and oxygen atoms in total. The molecule has 0 saturated carbocycles. The van der Waals surface area contributed by atoms with E-state index >= 15 is 0 Å². The van der Waals surface area contributed by atoms with Gasteiger partial charge in [0.05, 0.1) is 32.8 Å². The van der Waals surface area contributed by atoms with E-state index in [1.165, 1.54) is 21.3 Å². The Hall–Kier alpha value is -2.40. The average molecular weight is 351 g/mol. The average Bonchev–Trinajstić information content (AvgIpc) is 2.57. The Morgan fingerprint density at radius 3 is 2.12 bits per heavy atom. The second-order valence-electron chi connectivity index (χ2n) is 5.12. The Bertz CT molecular complexity index is 717. The zero-order valence-corrected chi connectivity index (χ0v) is 14.8. The minimum Gasteiger partial charge on any atom is -0.493 e. The van der Waals surface area contributed by atoms with Gasteiger partial charge in [-0.15, -0.1) is 0 Å². The molecule has 0 unspecified atom stereocenters. The maximum atomic E-state index is 12.2. The molecule has 24 heavy (non-hydrogen) atoms. The number of methoxy groups -OCH3 is 3. The van der Waals surface area contributed by atoms with E-state index in [-0.39, 0.29) is 6.42 Å². The van der Waals surface area contributed by atoms with Crippen LogP contribution in [0.4, 0.5) is 0 Å². The maximum Gasteiger partial charge on any atom is 0.315 e. The van der Waals surface area contributed by atoms with Crippen LogP contribution < -0.4 is 18.9 Å². The third-order valence-electron chi connectivity index (χ3n) is 3.38. The first-order valence-electron chi connectivity index (χ1n) is 7.24. The van der Waals surface area contributed by atoms with Crippen LogP contribution in [0.15, 0.2) is 30.3 Å². The van der Waals surface area contributed by atoms with Crippen LogP contribution >= 0.6 is 11.6 Å². The highest BCUT2D eigenvalue weighted by Gasteiger charge is 2.16. The first-order valence-corrected chi connectivity index (χ1v) is 7.62. The van der Waals surface area contributed by atoms with Crippen LogP contribution in [0.2, 0.25) is 5.02 Å². The van der Waals surface area contributed by atoms with Crippen LogP contribution in [-0.4, -0.2) is 27.3 Å². The van der Waals surface area contributed by atoms with Crippen molar-refractivity contribution in [2.45, 2.75) is 13.3 Å². The summed E-state index contributed by atoms with van der Waals surface area (Å²) in [6.45, 7) is 1.90. The Morgan fingerprint density at radius 1 is 0.958 bits per heavy atom. The van der Waals surface area contributed by atoms with Crippen molar-refractivity contribution in [1.82, 2.24) is 0 Å². The number of carbonyl (C=O) groups excluding carboxylic acids is 1. The molecule has 0 amide bonds. The number of esters is 1. The van der Waals surface area contributed by atoms with Crippen molar-refractivity contribution in [1.29, 1.82) is 0 Å². The summed E-state index contributed by atoms with van der Waals surface area (Å²) >= 11 is 6.04. The zero-order valence-electron chi connectivity index (χ0n) is 14.0. The molecule has 0 aliphatic rings. The molecular formula is C18H19ClO5. The van der Waals surface area contributed by atoms with E-state index in [1.54, 1.807) is 24.3 Å². The molecule has 0 N–H and O–H groups in total. The third kappa shape index (κ3) is 4.11. The fourth-order valence-electron chi connectivity index (χ4n) is 2.25. The van der Waals surface area contributed by atoms with Crippen LogP contribution in [0.25, 0.3) is 0 Å². The molecule has 6 heteroatoms. The van der Waals surface area contributed by atoms with Gasteiger partial charge in [0.1, 0.15) is 5.75 Å². The molecule has 0 atom stereocenters. The van der Waals surface area contributed by atoms with Gasteiger partial charge in [-0.3, -0.25) is 4.79 Å². The lowest BCUT2D eigenvalue weighted by atomic mass is 10.1. The van der Waals surface area contributed by atoms with Gasteiger partial charge in [-0.1, -0.05) is 17.7 Å². The minimum atomic E-state index is -0.434. The number of rotatable bonds is 6. The summed E-state index contributed by atoms with van der Waals surface area (Å²) in [5.74, 6) is 1.34. The van der Waals surface area contributed by atoms with Crippen molar-refractivity contribution in [3.8, 4) is 23.0 Å². The van der Waals surface area contributed by atoms with Crippen LogP contribution in [-0.2, 0) is 11.2 Å². The van der Waals surface area contributed by atoms with Crippen molar-refractivity contribution in [3.05, 3.63) is 46.5 Å². The molecule has 0 aliphatic heterocycles. The Kier molecular flexibility index (Phi) is 5.93. The molecule has 0 aliphatic carbocycles. The van der Waals surface area contributed by atoms with Crippen molar-refractivity contribution in [2.24, 2.45) is 0 Å². The van der Waals surface area contributed by atoms with Crippen molar-refractivity contribution in [2.75, 3.05) is 21.3 Å². The molecule has 2 rings (SSSR count). The second-order valence-corrected chi connectivity index (χ2v) is 5.53. The molecular weight excluding hydrogens is 332 g/mol. The normalized spacial score (nSPS) is 10.2. The van der Waals surface area contributed by atoms with Gasteiger partial charge in [-0.2, -0.15) is 0 Å². The van der Waals surface area contributed by atoms with E-state index in [0.29, 0.717) is 33.6 Å². The monoisotopic (exact) mass is 350 g/mol. The smallest absolute Gasteiger partial charge is 0.315 e. The fraction of sp³-hybridized carbons (Fsp3) is 0.278. The molecule has 0 aromatic heterocycles. The molecule has 128 valence electrons. The van der Waals surface area contributed by atoms with E-state index in [9.17, 15) is 4.79 Å². The quantitative estimate of drug-likeness (QED) is 0.585. The number of hydrogen-bond acceptors (Lipinski definition) is 5. The van der Waals surface area contributed by atoms with E-state index in [1.807, 2.05) is 13.0 Å². The molecule has 2 aromatic rings. The summed E-state index contributed by atoms with van der Waals surface area (Å²) in [7, 11) is 4.56. The van der Waals surface area contributed by atoms with Gasteiger partial charge in [0.25, 0.3) is 0 Å². The summed E-state index contributed by atoms with van der Waals surface area (Å²) in [5.41, 5.74) is 1.63. The van der Waals surface area contributed by atoms with Gasteiger partial charge in [0, 0.05) is 0 Å². The lowest BCUT2D eigenvalue weighted by Gasteiger charge is -2.14. The van der Waals surface area contributed by atoms with Crippen LogP contribution in [0.3, 0.4) is 0 Å². The highest BCUT2D eigenvalue weighted by Crippen LogP contribution is 2.38. The Balaban J connectivity index is 2.21. The first-order chi connectivity index (χ1) is 11.5. The summed E-state index contributed by atoms with van der Waals surface area (Å²) < 4.78 is 21.2. The third-order valence-corrected chi connectivity index (χ3v) is 3.70. The predicted octanol–water partition coefficient (Wildman–Crippen LogP) is 3.82. The largest absolute Gasteiger partial charge is 0.493 e. The molecule has 0 fully saturated rings. The minimum absolute atomic E-state index is 0.0426. The highest BCUT2D eigenvalue weighted by atomic mass is 35.5. The molecule has 0 heterocycles. The molecule has 0 spiro atoms. The predicted molar refractivity (Wildman–Crippen MR) is 91.6 cm³/mol. The van der Waals surface area contributed by atoms with Gasteiger partial charge in [0.15, 0.2) is 11.5 Å². The van der Waals surface area contributed by atoms with E-state index in [0.717, 1.165) is 5.56 Å². The molecule has 0 saturated heterocycles. The lowest BCUT2D eigenvalue weighted by Crippen LogP contribution is -2.12. The van der Waals surface area contributed by atoms with Crippen LogP contribution in [0.1, 0.15) is 11.1 Å². The number of carbonyl (C=O) groups is 1. The van der Waals surface area contributed by atoms with Gasteiger partial charge in [-0.05, 0) is 42.3 Å². The Morgan fingerprint density at radius 2 is 1.58 bits per heavy atom. The zero-order chi connectivity index (χ0) is 17.7. The maximum absolute atomic E-state index is 12.2. The topological polar surface area (TPSA) is 54.0 Å². The summed E-state index contributed by atoms with van der Waals surface area (Å²) in [6, 6.07) is 8.67. The second kappa shape index (κ2) is 7.93. The van der Waals surface area contributed by atoms with Crippen LogP contribution in [0, 0.1) is 6.92 Å². The number of halogens is 1. The van der Waals surface area contributed by atoms with E-state index < -0.39 is 5.97 Å². The molecule has 2 aromatic carbocycles. The number of ether oxygens (including phenoxy) is 4. The summed E-state index contributed by atoms with van der Waals surface area (Å²) in [6.07, 6.45) is 0.0426. The first kappa shape index (κ1) is 17.9. The molecule has 0 radical (unpaired) electrons. The SMILES string of the molecule is COc1cc(CC(=O)Oc2cc(C)ccc2Cl)cc(OC)c1OC. The lowest BCUT2D eigenvalue weighted by molar-refractivity contribution is -0.133. The van der Waals surface area contributed by atoms with Gasteiger partial charge < -0.3 is 18.9 Å². The van der Waals surface area contributed by atoms with E-state index in [4.69, 9.17) is 30.5 Å². The standard InChI is InChI=1S/C18H19ClO5/c1-11-5-6-13(19)14(7-11)24-17(20)10-12-8-15(21-2)18(23-4)16(9-12)22-3/h5-9H,10H2,1-4H3. The fourth-order valence-corrected chi connectivity index (χ4v) is 2.41. The number of aryl methyl sites for hydroxylation is 1. The molecule has 0 bridgehead atoms. The number of hydrogen-bond donors (Lipinski definition) is 0. The highest BCUT2D eigenvalue weighted by molar-refractivity contribution is 6.32. The van der Waals surface area contributed by atoms with E-state index in [2.05, 4.69) is 0 Å². The van der Waals surface area contributed by atoms with Crippen molar-refractivity contribution >= 4 is 17.6 Å².